The summed E-state index contributed by atoms with van der Waals surface area (Å²) in [5, 5.41) is 13.7. The Hall–Kier alpha value is -3.25. The van der Waals surface area contributed by atoms with Gasteiger partial charge in [0.2, 0.25) is 5.91 Å². The summed E-state index contributed by atoms with van der Waals surface area (Å²) in [6.45, 7) is 5.46. The SMILES string of the molecule is CC(=O)N[C@@H](Cc1ccccc1)[C@H](O)CN(OC(C)C)S(=O)(=O)c1ccc2nc[nH]c2c1.O=C(ONS)O[C@H]1CCOC1. The van der Waals surface area contributed by atoms with E-state index in [0.29, 0.717) is 30.7 Å². The summed E-state index contributed by atoms with van der Waals surface area (Å²) >= 11 is 3.45. The number of imidazole rings is 1. The van der Waals surface area contributed by atoms with E-state index in [1.54, 1.807) is 19.9 Å². The Balaban J connectivity index is 0.000000386. The number of aliphatic hydroxyl groups excluding tert-OH is 1. The third kappa shape index (κ3) is 10.8. The molecule has 1 aromatic heterocycles. The molecule has 1 aliphatic rings. The van der Waals surface area contributed by atoms with Crippen molar-refractivity contribution < 1.29 is 42.3 Å². The first kappa shape index (κ1) is 34.2. The fraction of sp³-hybridized carbons (Fsp3) is 0.444. The number of hydrogen-bond acceptors (Lipinski definition) is 12. The van der Waals surface area contributed by atoms with Gasteiger partial charge in [-0.15, -0.1) is 0 Å². The van der Waals surface area contributed by atoms with Crippen molar-refractivity contribution in [1.29, 1.82) is 0 Å². The quantitative estimate of drug-likeness (QED) is 0.111. The van der Waals surface area contributed by atoms with E-state index in [1.807, 2.05) is 35.2 Å². The highest BCUT2D eigenvalue weighted by Gasteiger charge is 2.32. The third-order valence-corrected chi connectivity index (χ3v) is 7.77. The summed E-state index contributed by atoms with van der Waals surface area (Å²) in [5.74, 6) is -0.325. The minimum Gasteiger partial charge on any atom is -0.427 e. The molecule has 3 atom stereocenters. The van der Waals surface area contributed by atoms with E-state index in [4.69, 9.17) is 14.3 Å². The summed E-state index contributed by atoms with van der Waals surface area (Å²) in [6, 6.07) is 13.1. The van der Waals surface area contributed by atoms with Crippen molar-refractivity contribution in [3.8, 4) is 0 Å². The van der Waals surface area contributed by atoms with E-state index < -0.39 is 34.4 Å². The molecule has 2 heterocycles. The molecule has 16 heteroatoms. The zero-order valence-electron chi connectivity index (χ0n) is 24.0. The van der Waals surface area contributed by atoms with Crippen molar-refractivity contribution >= 4 is 45.9 Å². The zero-order chi connectivity index (χ0) is 31.4. The molecule has 3 aromatic rings. The highest BCUT2D eigenvalue weighted by Crippen LogP contribution is 2.22. The van der Waals surface area contributed by atoms with Crippen LogP contribution in [0, 0.1) is 0 Å². The number of aromatic amines is 1. The average Bonchev–Trinajstić information content (AvgIpc) is 3.64. The molecule has 0 saturated carbocycles. The van der Waals surface area contributed by atoms with Crippen LogP contribution in [-0.4, -0.2) is 84.1 Å². The number of nitrogens with zero attached hydrogens (tertiary/aromatic N) is 2. The summed E-state index contributed by atoms with van der Waals surface area (Å²) in [4.78, 5) is 41.0. The Bertz CT molecular complexity index is 1420. The van der Waals surface area contributed by atoms with E-state index in [0.717, 1.165) is 16.5 Å². The van der Waals surface area contributed by atoms with Crippen molar-refractivity contribution in [2.24, 2.45) is 0 Å². The lowest BCUT2D eigenvalue weighted by Crippen LogP contribution is -2.50. The fourth-order valence-electron chi connectivity index (χ4n) is 4.12. The second kappa shape index (κ2) is 16.6. The van der Waals surface area contributed by atoms with Crippen molar-refractivity contribution in [3.05, 3.63) is 60.4 Å². The van der Waals surface area contributed by atoms with Gasteiger partial charge in [0.15, 0.2) is 0 Å². The van der Waals surface area contributed by atoms with Gasteiger partial charge in [0.25, 0.3) is 10.0 Å². The lowest BCUT2D eigenvalue weighted by atomic mass is 10.0. The van der Waals surface area contributed by atoms with Crippen molar-refractivity contribution in [3.63, 3.8) is 0 Å². The first-order valence-electron chi connectivity index (χ1n) is 13.5. The summed E-state index contributed by atoms with van der Waals surface area (Å²) in [5.41, 5.74) is 2.10. The predicted molar refractivity (Wildman–Crippen MR) is 159 cm³/mol. The van der Waals surface area contributed by atoms with Crippen LogP contribution in [0.4, 0.5) is 4.79 Å². The van der Waals surface area contributed by atoms with Crippen LogP contribution in [0.3, 0.4) is 0 Å². The third-order valence-electron chi connectivity index (χ3n) is 6.05. The molecule has 0 radical (unpaired) electrons. The maximum Gasteiger partial charge on any atom is 0.528 e. The van der Waals surface area contributed by atoms with Gasteiger partial charge in [0, 0.05) is 13.3 Å². The lowest BCUT2D eigenvalue weighted by Gasteiger charge is -2.30. The number of benzene rings is 2. The number of hydrogen-bond donors (Lipinski definition) is 5. The van der Waals surface area contributed by atoms with Crippen LogP contribution < -0.4 is 10.2 Å². The number of amides is 1. The maximum absolute atomic E-state index is 13.3. The number of sulfonamides is 1. The number of hydroxylamine groups is 1. The van der Waals surface area contributed by atoms with E-state index in [1.165, 1.54) is 25.4 Å². The number of thiol groups is 1. The monoisotopic (exact) mass is 639 g/mol. The van der Waals surface area contributed by atoms with E-state index in [2.05, 4.69) is 32.9 Å². The Labute approximate surface area is 255 Å². The second-order valence-electron chi connectivity index (χ2n) is 9.84. The number of fused-ring (bicyclic) bond motifs is 1. The molecule has 0 unspecified atom stereocenters. The van der Waals surface area contributed by atoms with Crippen LogP contribution in [-0.2, 0) is 40.4 Å². The molecule has 0 spiro atoms. The van der Waals surface area contributed by atoms with Gasteiger partial charge in [-0.1, -0.05) is 52.5 Å². The molecule has 0 bridgehead atoms. The molecule has 4 rings (SSSR count). The standard InChI is InChI=1S/C22H28N4O5S.C5H9NO4S/c1-15(2)31-26(32(29,30)18-9-10-19-20(12-18)24-14-23-19)13-22(28)21(25-16(3)27)11-17-7-5-4-6-8-17;7-5(10-6-11)9-4-1-2-8-3-4/h4-10,12,14-15,21-22,28H,11,13H2,1-3H3,(H,23,24)(H,25,27);4,6,11H,1-3H2/t21-,22+;4-/m00/s1. The Morgan fingerprint density at radius 3 is 2.60 bits per heavy atom. The second-order valence-corrected chi connectivity index (χ2v) is 11.8. The summed E-state index contributed by atoms with van der Waals surface area (Å²) in [7, 11) is -4.10. The number of ether oxygens (including phenoxy) is 2. The fourth-order valence-corrected chi connectivity index (χ4v) is 5.57. The van der Waals surface area contributed by atoms with Crippen LogP contribution in [0.1, 0.15) is 32.8 Å². The van der Waals surface area contributed by atoms with Crippen LogP contribution in [0.25, 0.3) is 11.0 Å². The summed E-state index contributed by atoms with van der Waals surface area (Å²) < 4.78 is 37.2. The maximum atomic E-state index is 13.3. The number of aliphatic hydroxyl groups is 1. The predicted octanol–water partition coefficient (Wildman–Crippen LogP) is 2.28. The molecule has 2 aromatic carbocycles. The molecule has 0 aliphatic carbocycles. The molecule has 1 fully saturated rings. The van der Waals surface area contributed by atoms with Crippen LogP contribution in [0.2, 0.25) is 0 Å². The van der Waals surface area contributed by atoms with Crippen molar-refractivity contribution in [2.75, 3.05) is 19.8 Å². The number of aromatic nitrogens is 2. The molecule has 14 nitrogen and oxygen atoms in total. The molecular formula is C27H37N5O9S2. The first-order valence-corrected chi connectivity index (χ1v) is 15.3. The van der Waals surface area contributed by atoms with Crippen LogP contribution in [0.15, 0.2) is 59.8 Å². The largest absolute Gasteiger partial charge is 0.528 e. The molecular weight excluding hydrogens is 602 g/mol. The smallest absolute Gasteiger partial charge is 0.427 e. The minimum atomic E-state index is -4.10. The highest BCUT2D eigenvalue weighted by molar-refractivity contribution is 7.89. The van der Waals surface area contributed by atoms with Gasteiger partial charge in [-0.3, -0.25) is 9.63 Å². The Kier molecular flexibility index (Phi) is 13.2. The van der Waals surface area contributed by atoms with E-state index in [9.17, 15) is 23.1 Å². The van der Waals surface area contributed by atoms with Crippen molar-refractivity contribution in [1.82, 2.24) is 24.6 Å². The highest BCUT2D eigenvalue weighted by atomic mass is 32.2. The van der Waals surface area contributed by atoms with Gasteiger partial charge in [-0.2, -0.15) is 0 Å². The average molecular weight is 640 g/mol. The van der Waals surface area contributed by atoms with Crippen LogP contribution in [0.5, 0.6) is 0 Å². The number of H-pyrrole nitrogens is 1. The van der Waals surface area contributed by atoms with Gasteiger partial charge in [-0.05, 0) is 44.0 Å². The number of nitrogens with one attached hydrogen (secondary N) is 3. The molecule has 43 heavy (non-hydrogen) atoms. The normalized spacial score (nSPS) is 16.4. The lowest BCUT2D eigenvalue weighted by molar-refractivity contribution is -0.138. The molecule has 1 amide bonds. The Morgan fingerprint density at radius 2 is 1.98 bits per heavy atom. The van der Waals surface area contributed by atoms with Crippen LogP contribution >= 0.6 is 12.8 Å². The number of carbonyl (C=O) groups is 2. The first-order chi connectivity index (χ1) is 20.5. The number of rotatable bonds is 12. The van der Waals surface area contributed by atoms with E-state index in [-0.39, 0.29) is 23.5 Å². The van der Waals surface area contributed by atoms with E-state index >= 15 is 0 Å². The minimum absolute atomic E-state index is 0.00114. The van der Waals surface area contributed by atoms with Gasteiger partial charge in [-0.25, -0.2) is 18.2 Å². The van der Waals surface area contributed by atoms with Gasteiger partial charge < -0.3 is 29.7 Å². The molecule has 4 N–H and O–H groups in total. The Morgan fingerprint density at radius 1 is 1.23 bits per heavy atom. The van der Waals surface area contributed by atoms with Gasteiger partial charge in [0.1, 0.15) is 6.10 Å². The molecule has 236 valence electrons. The summed E-state index contributed by atoms with van der Waals surface area (Å²) in [6.07, 6.45) is -0.0994. The van der Waals surface area contributed by atoms with Crippen molar-refractivity contribution in [2.45, 2.75) is 62.9 Å². The molecule has 1 saturated heterocycles. The number of carbonyl (C=O) groups excluding carboxylic acids is 2. The zero-order valence-corrected chi connectivity index (χ0v) is 25.7. The topological polar surface area (TPSA) is 181 Å². The van der Waals surface area contributed by atoms with Gasteiger partial charge >= 0.3 is 6.16 Å². The van der Waals surface area contributed by atoms with Gasteiger partial charge in [0.05, 0.1) is 60.3 Å². The molecule has 1 aliphatic heterocycles.